The molecule has 0 aliphatic carbocycles. The first kappa shape index (κ1) is 14.9. The van der Waals surface area contributed by atoms with Crippen LogP contribution in [0.1, 0.15) is 10.4 Å². The lowest BCUT2D eigenvalue weighted by atomic mass is 10.2. The monoisotopic (exact) mass is 379 g/mol. The Balaban J connectivity index is 2.70. The van der Waals surface area contributed by atoms with Gasteiger partial charge in [0.2, 0.25) is 5.91 Å². The first-order valence-electron chi connectivity index (χ1n) is 4.83. The van der Waals surface area contributed by atoms with Crippen molar-refractivity contribution in [3.63, 3.8) is 0 Å². The Kier molecular flexibility index (Phi) is 5.57. The molecule has 1 aromatic carbocycles. The first-order chi connectivity index (χ1) is 8.45. The Bertz CT molecular complexity index is 480. The van der Waals surface area contributed by atoms with Crippen LogP contribution in [0, 0.1) is 0 Å². The number of rotatable bonds is 4. The lowest BCUT2D eigenvalue weighted by molar-refractivity contribution is -0.126. The van der Waals surface area contributed by atoms with Gasteiger partial charge in [-0.05, 0) is 28.1 Å². The van der Waals surface area contributed by atoms with Gasteiger partial charge in [0.15, 0.2) is 6.61 Å². The molecule has 0 aliphatic rings. The van der Waals surface area contributed by atoms with E-state index >= 15 is 0 Å². The van der Waals surface area contributed by atoms with E-state index in [1.54, 1.807) is 12.1 Å². The molecule has 8 heteroatoms. The molecular weight excluding hydrogens is 370 g/mol. The predicted molar refractivity (Wildman–Crippen MR) is 73.7 cm³/mol. The molecule has 0 spiro atoms. The van der Waals surface area contributed by atoms with Crippen LogP contribution in [-0.2, 0) is 9.63 Å². The molecule has 0 saturated heterocycles. The number of nitrogen functional groups attached to an aromatic ring is 1. The minimum atomic E-state index is -0.529. The third-order valence-corrected chi connectivity index (χ3v) is 3.10. The number of hydrogen-bond donors (Lipinski definition) is 3. The second kappa shape index (κ2) is 6.72. The third-order valence-electron chi connectivity index (χ3n) is 1.99. The maximum Gasteiger partial charge on any atom is 0.277 e. The smallest absolute Gasteiger partial charge is 0.277 e. The molecule has 0 bridgehead atoms. The standard InChI is InChI=1S/C10H11Br2N3O3/c1-14-8(16)4-18-15-10(17)6-2-5(11)3-7(12)9(6)13/h2-3H,4,13H2,1H3,(H,14,16)(H,15,17). The molecule has 0 unspecified atom stereocenters. The Hall–Kier alpha value is -1.12. The minimum Gasteiger partial charge on any atom is -0.397 e. The van der Waals surface area contributed by atoms with E-state index in [1.807, 2.05) is 0 Å². The van der Waals surface area contributed by atoms with Crippen LogP contribution in [-0.4, -0.2) is 25.5 Å². The van der Waals surface area contributed by atoms with Crippen molar-refractivity contribution in [2.45, 2.75) is 0 Å². The fourth-order valence-corrected chi connectivity index (χ4v) is 2.29. The van der Waals surface area contributed by atoms with Crippen LogP contribution >= 0.6 is 31.9 Å². The van der Waals surface area contributed by atoms with E-state index < -0.39 is 5.91 Å². The Morgan fingerprint density at radius 2 is 2.06 bits per heavy atom. The number of carbonyl (C=O) groups is 2. The lowest BCUT2D eigenvalue weighted by Crippen LogP contribution is -2.31. The van der Waals surface area contributed by atoms with Crippen LogP contribution in [0.4, 0.5) is 5.69 Å². The topological polar surface area (TPSA) is 93.5 Å². The highest BCUT2D eigenvalue weighted by Crippen LogP contribution is 2.28. The molecule has 1 rings (SSSR count). The number of benzene rings is 1. The fourth-order valence-electron chi connectivity index (χ4n) is 1.07. The Morgan fingerprint density at radius 1 is 1.39 bits per heavy atom. The van der Waals surface area contributed by atoms with Gasteiger partial charge in [0.1, 0.15) is 0 Å². The van der Waals surface area contributed by atoms with Crippen LogP contribution in [0.5, 0.6) is 0 Å². The van der Waals surface area contributed by atoms with Crippen LogP contribution in [0.25, 0.3) is 0 Å². The maximum atomic E-state index is 11.8. The number of hydrogen-bond acceptors (Lipinski definition) is 4. The Labute approximate surface area is 120 Å². The van der Waals surface area contributed by atoms with Gasteiger partial charge >= 0.3 is 0 Å². The molecule has 0 aliphatic heterocycles. The number of nitrogens with two attached hydrogens (primary N) is 1. The number of carbonyl (C=O) groups excluding carboxylic acids is 2. The van der Waals surface area contributed by atoms with Gasteiger partial charge in [-0.15, -0.1) is 0 Å². The summed E-state index contributed by atoms with van der Waals surface area (Å²) < 4.78 is 1.29. The van der Waals surface area contributed by atoms with Crippen molar-refractivity contribution < 1.29 is 14.4 Å². The summed E-state index contributed by atoms with van der Waals surface area (Å²) in [4.78, 5) is 27.4. The highest BCUT2D eigenvalue weighted by Gasteiger charge is 2.13. The molecule has 0 saturated carbocycles. The summed E-state index contributed by atoms with van der Waals surface area (Å²) in [6.07, 6.45) is 0. The van der Waals surface area contributed by atoms with Crippen molar-refractivity contribution in [3.05, 3.63) is 26.6 Å². The summed E-state index contributed by atoms with van der Waals surface area (Å²) in [6.45, 7) is -0.267. The van der Waals surface area contributed by atoms with Gasteiger partial charge in [-0.1, -0.05) is 15.9 Å². The molecule has 0 radical (unpaired) electrons. The van der Waals surface area contributed by atoms with E-state index in [-0.39, 0.29) is 18.1 Å². The number of likely N-dealkylation sites (N-methyl/N-ethyl adjacent to an activating group) is 1. The molecular formula is C10H11Br2N3O3. The van der Waals surface area contributed by atoms with Crippen molar-refractivity contribution >= 4 is 49.4 Å². The quantitative estimate of drug-likeness (QED) is 0.540. The average molecular weight is 381 g/mol. The van der Waals surface area contributed by atoms with Crippen molar-refractivity contribution in [2.24, 2.45) is 0 Å². The maximum absolute atomic E-state index is 11.8. The highest BCUT2D eigenvalue weighted by atomic mass is 79.9. The van der Waals surface area contributed by atoms with Crippen LogP contribution < -0.4 is 16.5 Å². The summed E-state index contributed by atoms with van der Waals surface area (Å²) in [6, 6.07) is 3.27. The van der Waals surface area contributed by atoms with Gasteiger partial charge in [0.25, 0.3) is 5.91 Å². The second-order valence-corrected chi connectivity index (χ2v) is 5.01. The van der Waals surface area contributed by atoms with E-state index in [0.29, 0.717) is 14.6 Å². The van der Waals surface area contributed by atoms with Gasteiger partial charge in [0.05, 0.1) is 11.3 Å². The summed E-state index contributed by atoms with van der Waals surface area (Å²) in [5.74, 6) is -0.878. The highest BCUT2D eigenvalue weighted by molar-refractivity contribution is 9.11. The zero-order chi connectivity index (χ0) is 13.7. The lowest BCUT2D eigenvalue weighted by Gasteiger charge is -2.09. The van der Waals surface area contributed by atoms with Crippen molar-refractivity contribution in [3.8, 4) is 0 Å². The zero-order valence-corrected chi connectivity index (χ0v) is 12.6. The summed E-state index contributed by atoms with van der Waals surface area (Å²) in [5.41, 5.74) is 8.42. The SMILES string of the molecule is CNC(=O)CONC(=O)c1cc(Br)cc(Br)c1N. The van der Waals surface area contributed by atoms with Gasteiger partial charge in [-0.3, -0.25) is 14.4 Å². The average Bonchev–Trinajstić information content (AvgIpc) is 2.33. The van der Waals surface area contributed by atoms with Crippen LogP contribution in [0.2, 0.25) is 0 Å². The third kappa shape index (κ3) is 3.97. The number of nitrogens with one attached hydrogen (secondary N) is 2. The number of halogens is 2. The second-order valence-electron chi connectivity index (χ2n) is 3.24. The zero-order valence-electron chi connectivity index (χ0n) is 9.42. The predicted octanol–water partition coefficient (Wildman–Crippen LogP) is 1.20. The molecule has 0 fully saturated rings. The molecule has 2 amide bonds. The number of anilines is 1. The molecule has 98 valence electrons. The largest absolute Gasteiger partial charge is 0.397 e. The summed E-state index contributed by atoms with van der Waals surface area (Å²) in [5, 5.41) is 2.35. The van der Waals surface area contributed by atoms with E-state index in [1.165, 1.54) is 7.05 Å². The van der Waals surface area contributed by atoms with Gasteiger partial charge in [-0.2, -0.15) is 0 Å². The molecule has 4 N–H and O–H groups in total. The summed E-state index contributed by atoms with van der Waals surface area (Å²) >= 11 is 6.48. The number of hydroxylamine groups is 1. The normalized spacial score (nSPS) is 9.94. The van der Waals surface area contributed by atoms with Gasteiger partial charge < -0.3 is 11.1 Å². The molecule has 6 nitrogen and oxygen atoms in total. The first-order valence-corrected chi connectivity index (χ1v) is 6.41. The van der Waals surface area contributed by atoms with Crippen LogP contribution in [0.15, 0.2) is 21.1 Å². The summed E-state index contributed by atoms with van der Waals surface area (Å²) in [7, 11) is 1.47. The number of amides is 2. The van der Waals surface area contributed by atoms with Gasteiger partial charge in [-0.25, -0.2) is 5.48 Å². The van der Waals surface area contributed by atoms with E-state index in [4.69, 9.17) is 10.6 Å². The van der Waals surface area contributed by atoms with Crippen molar-refractivity contribution in [2.75, 3.05) is 19.4 Å². The Morgan fingerprint density at radius 3 is 2.67 bits per heavy atom. The minimum absolute atomic E-state index is 0.244. The molecule has 0 aromatic heterocycles. The van der Waals surface area contributed by atoms with Crippen LogP contribution in [0.3, 0.4) is 0 Å². The molecule has 18 heavy (non-hydrogen) atoms. The van der Waals surface area contributed by atoms with E-state index in [2.05, 4.69) is 42.7 Å². The van der Waals surface area contributed by atoms with E-state index in [0.717, 1.165) is 0 Å². The molecule has 0 heterocycles. The fraction of sp³-hybridized carbons (Fsp3) is 0.200. The van der Waals surface area contributed by atoms with Crippen molar-refractivity contribution in [1.29, 1.82) is 0 Å². The molecule has 1 aromatic rings. The van der Waals surface area contributed by atoms with E-state index in [9.17, 15) is 9.59 Å². The van der Waals surface area contributed by atoms with Gasteiger partial charge in [0, 0.05) is 16.0 Å². The van der Waals surface area contributed by atoms with Crippen molar-refractivity contribution in [1.82, 2.24) is 10.8 Å². The molecule has 0 atom stereocenters.